The lowest BCUT2D eigenvalue weighted by molar-refractivity contribution is 0.425. The Kier molecular flexibility index (Phi) is 3.32. The third-order valence-corrected chi connectivity index (χ3v) is 2.35. The molecule has 0 aromatic heterocycles. The van der Waals surface area contributed by atoms with Gasteiger partial charge in [0.15, 0.2) is 0 Å². The van der Waals surface area contributed by atoms with Gasteiger partial charge in [-0.3, -0.25) is 0 Å². The van der Waals surface area contributed by atoms with E-state index >= 15 is 0 Å². The van der Waals surface area contributed by atoms with E-state index in [1.807, 2.05) is 18.2 Å². The molecule has 0 amide bonds. The molecule has 0 aliphatic carbocycles. The Morgan fingerprint density at radius 3 is 2.29 bits per heavy atom. The van der Waals surface area contributed by atoms with Crippen LogP contribution in [0.25, 0.3) is 0 Å². The number of nitrogens with two attached hydrogens (primary N) is 1. The summed E-state index contributed by atoms with van der Waals surface area (Å²) in [6, 6.07) is 14.0. The summed E-state index contributed by atoms with van der Waals surface area (Å²) in [5.74, 6) is 1.05. The van der Waals surface area contributed by atoms with Gasteiger partial charge >= 0.3 is 7.12 Å². The van der Waals surface area contributed by atoms with Crippen LogP contribution in [0, 0.1) is 0 Å². The van der Waals surface area contributed by atoms with Crippen molar-refractivity contribution in [1.82, 2.24) is 0 Å². The Balaban J connectivity index is 2.31. The highest BCUT2D eigenvalue weighted by molar-refractivity contribution is 6.60. The topological polar surface area (TPSA) is 75.7 Å². The number of hydrogen-bond acceptors (Lipinski definition) is 4. The van der Waals surface area contributed by atoms with Crippen LogP contribution in [0.15, 0.2) is 48.5 Å². The van der Waals surface area contributed by atoms with Gasteiger partial charge in [0.1, 0.15) is 11.5 Å². The van der Waals surface area contributed by atoms with Crippen LogP contribution in [-0.4, -0.2) is 17.2 Å². The fourth-order valence-electron chi connectivity index (χ4n) is 1.49. The van der Waals surface area contributed by atoms with E-state index in [2.05, 4.69) is 0 Å². The van der Waals surface area contributed by atoms with Crippen molar-refractivity contribution in [3.8, 4) is 11.5 Å². The highest BCUT2D eigenvalue weighted by atomic mass is 16.5. The van der Waals surface area contributed by atoms with Crippen LogP contribution in [0.1, 0.15) is 0 Å². The van der Waals surface area contributed by atoms with Gasteiger partial charge in [-0.2, -0.15) is 0 Å². The molecule has 86 valence electrons. The highest BCUT2D eigenvalue weighted by Crippen LogP contribution is 2.25. The van der Waals surface area contributed by atoms with Crippen LogP contribution in [0.5, 0.6) is 11.5 Å². The zero-order valence-corrected chi connectivity index (χ0v) is 9.08. The van der Waals surface area contributed by atoms with Crippen molar-refractivity contribution < 1.29 is 14.8 Å². The summed E-state index contributed by atoms with van der Waals surface area (Å²) < 4.78 is 5.55. The molecular formula is C12H12BNO3. The smallest absolute Gasteiger partial charge is 0.455 e. The van der Waals surface area contributed by atoms with Gasteiger partial charge in [0, 0.05) is 5.46 Å². The Bertz CT molecular complexity index is 502. The lowest BCUT2D eigenvalue weighted by Crippen LogP contribution is -2.32. The van der Waals surface area contributed by atoms with E-state index in [4.69, 9.17) is 20.5 Å². The van der Waals surface area contributed by atoms with Gasteiger partial charge < -0.3 is 20.5 Å². The molecule has 0 saturated heterocycles. The molecule has 17 heavy (non-hydrogen) atoms. The summed E-state index contributed by atoms with van der Waals surface area (Å²) >= 11 is 0. The van der Waals surface area contributed by atoms with Crippen LogP contribution < -0.4 is 15.9 Å². The number of nitrogen functional groups attached to an aromatic ring is 1. The molecule has 0 aliphatic heterocycles. The van der Waals surface area contributed by atoms with Crippen molar-refractivity contribution in [1.29, 1.82) is 0 Å². The normalized spacial score (nSPS) is 10.0. The Morgan fingerprint density at radius 1 is 0.941 bits per heavy atom. The molecule has 0 heterocycles. The van der Waals surface area contributed by atoms with E-state index < -0.39 is 7.12 Å². The highest BCUT2D eigenvalue weighted by Gasteiger charge is 2.17. The van der Waals surface area contributed by atoms with E-state index in [0.717, 1.165) is 0 Å². The predicted octanol–water partition coefficient (Wildman–Crippen LogP) is 0.741. The fraction of sp³-hybridized carbons (Fsp3) is 0. The van der Waals surface area contributed by atoms with E-state index in [0.29, 0.717) is 11.5 Å². The van der Waals surface area contributed by atoms with Gasteiger partial charge in [-0.1, -0.05) is 30.3 Å². The van der Waals surface area contributed by atoms with Crippen LogP contribution in [0.3, 0.4) is 0 Å². The van der Waals surface area contributed by atoms with Crippen molar-refractivity contribution in [2.24, 2.45) is 0 Å². The lowest BCUT2D eigenvalue weighted by atomic mass is 9.79. The summed E-state index contributed by atoms with van der Waals surface area (Å²) in [5.41, 5.74) is 6.25. The van der Waals surface area contributed by atoms with Crippen molar-refractivity contribution in [3.63, 3.8) is 0 Å². The van der Waals surface area contributed by atoms with Gasteiger partial charge in [0.25, 0.3) is 0 Å². The van der Waals surface area contributed by atoms with Crippen LogP contribution in [0.4, 0.5) is 5.69 Å². The first-order chi connectivity index (χ1) is 8.18. The minimum Gasteiger partial charge on any atom is -0.455 e. The van der Waals surface area contributed by atoms with Crippen LogP contribution in [-0.2, 0) is 0 Å². The first-order valence-corrected chi connectivity index (χ1v) is 5.16. The molecule has 0 spiro atoms. The van der Waals surface area contributed by atoms with Gasteiger partial charge in [-0.05, 0) is 18.2 Å². The molecule has 4 N–H and O–H groups in total. The second kappa shape index (κ2) is 4.90. The van der Waals surface area contributed by atoms with Crippen LogP contribution in [0.2, 0.25) is 0 Å². The van der Waals surface area contributed by atoms with Crippen molar-refractivity contribution in [3.05, 3.63) is 48.5 Å². The zero-order valence-electron chi connectivity index (χ0n) is 9.08. The maximum Gasteiger partial charge on any atom is 0.490 e. The second-order valence-corrected chi connectivity index (χ2v) is 3.55. The summed E-state index contributed by atoms with van der Waals surface area (Å²) in [6.45, 7) is 0. The number of ether oxygens (including phenoxy) is 1. The van der Waals surface area contributed by atoms with E-state index in [1.165, 1.54) is 6.07 Å². The fourth-order valence-corrected chi connectivity index (χ4v) is 1.49. The van der Waals surface area contributed by atoms with Gasteiger partial charge in [0.05, 0.1) is 5.69 Å². The molecule has 2 rings (SSSR count). The molecule has 0 unspecified atom stereocenters. The van der Waals surface area contributed by atoms with E-state index in [1.54, 1.807) is 24.3 Å². The molecule has 0 aliphatic rings. The molecule has 0 atom stereocenters. The maximum atomic E-state index is 9.12. The molecule has 4 nitrogen and oxygen atoms in total. The lowest BCUT2D eigenvalue weighted by Gasteiger charge is -2.11. The third-order valence-electron chi connectivity index (χ3n) is 2.35. The minimum atomic E-state index is -1.60. The van der Waals surface area contributed by atoms with Crippen molar-refractivity contribution in [2.45, 2.75) is 0 Å². The molecule has 2 aromatic carbocycles. The van der Waals surface area contributed by atoms with Crippen molar-refractivity contribution in [2.75, 3.05) is 5.73 Å². The Hall–Kier alpha value is -1.98. The van der Waals surface area contributed by atoms with E-state index in [-0.39, 0.29) is 11.2 Å². The largest absolute Gasteiger partial charge is 0.490 e. The number of hydrogen-bond donors (Lipinski definition) is 3. The average Bonchev–Trinajstić information content (AvgIpc) is 2.33. The number of rotatable bonds is 3. The monoisotopic (exact) mass is 229 g/mol. The van der Waals surface area contributed by atoms with Crippen molar-refractivity contribution >= 4 is 18.3 Å². The Labute approximate surface area is 99.4 Å². The summed E-state index contributed by atoms with van der Waals surface area (Å²) in [5, 5.41) is 18.2. The standard InChI is InChI=1S/C12H12BNO3/c14-12-10(13(15)16)7-4-8-11(12)17-9-5-2-1-3-6-9/h1-8,15-16H,14H2. The quantitative estimate of drug-likeness (QED) is 0.536. The van der Waals surface area contributed by atoms with Gasteiger partial charge in [-0.15, -0.1) is 0 Å². The molecule has 2 aromatic rings. The Morgan fingerprint density at radius 2 is 1.65 bits per heavy atom. The number of benzene rings is 2. The average molecular weight is 229 g/mol. The van der Waals surface area contributed by atoms with Gasteiger partial charge in [-0.25, -0.2) is 0 Å². The van der Waals surface area contributed by atoms with Crippen LogP contribution >= 0.6 is 0 Å². The SMILES string of the molecule is Nc1c(Oc2ccccc2)cccc1B(O)O. The summed E-state index contributed by atoms with van der Waals surface area (Å²) in [7, 11) is -1.60. The molecule has 0 radical (unpaired) electrons. The zero-order chi connectivity index (χ0) is 12.3. The third kappa shape index (κ3) is 2.58. The summed E-state index contributed by atoms with van der Waals surface area (Å²) in [4.78, 5) is 0. The summed E-state index contributed by atoms with van der Waals surface area (Å²) in [6.07, 6.45) is 0. The predicted molar refractivity (Wildman–Crippen MR) is 67.2 cm³/mol. The molecule has 0 saturated carbocycles. The molecular weight excluding hydrogens is 217 g/mol. The molecule has 5 heteroatoms. The first kappa shape index (κ1) is 11.5. The number of anilines is 1. The molecule has 0 fully saturated rings. The minimum absolute atomic E-state index is 0.228. The first-order valence-electron chi connectivity index (χ1n) is 5.16. The van der Waals surface area contributed by atoms with E-state index in [9.17, 15) is 0 Å². The molecule has 0 bridgehead atoms. The van der Waals surface area contributed by atoms with Gasteiger partial charge in [0.2, 0.25) is 0 Å². The number of para-hydroxylation sites is 2. The second-order valence-electron chi connectivity index (χ2n) is 3.55. The maximum absolute atomic E-state index is 9.12.